The minimum atomic E-state index is -3.86. The Labute approximate surface area is 96.7 Å². The number of nitrogens with two attached hydrogens (primary N) is 1. The summed E-state index contributed by atoms with van der Waals surface area (Å²) >= 11 is 0. The SMILES string of the molecule is CC(C)(C)c1ccc(COS(N)(=O)=O)cc1. The Hall–Kier alpha value is -0.910. The Kier molecular flexibility index (Phi) is 3.72. The molecular formula is C11H17NO3S. The molecule has 4 nitrogen and oxygen atoms in total. The zero-order chi connectivity index (χ0) is 12.4. The Bertz CT molecular complexity index is 443. The summed E-state index contributed by atoms with van der Waals surface area (Å²) in [6.07, 6.45) is 0. The maximum atomic E-state index is 10.6. The fraction of sp³-hybridized carbons (Fsp3) is 0.455. The molecule has 5 heteroatoms. The van der Waals surface area contributed by atoms with Crippen molar-refractivity contribution >= 4 is 10.3 Å². The van der Waals surface area contributed by atoms with Crippen LogP contribution in [0.25, 0.3) is 0 Å². The fourth-order valence-electron chi connectivity index (χ4n) is 1.25. The molecule has 0 spiro atoms. The second-order valence-electron chi connectivity index (χ2n) is 4.70. The lowest BCUT2D eigenvalue weighted by Gasteiger charge is -2.19. The highest BCUT2D eigenvalue weighted by Gasteiger charge is 2.13. The lowest BCUT2D eigenvalue weighted by Crippen LogP contribution is -2.15. The molecule has 0 aliphatic carbocycles. The van der Waals surface area contributed by atoms with E-state index in [-0.39, 0.29) is 12.0 Å². The molecule has 0 amide bonds. The zero-order valence-corrected chi connectivity index (χ0v) is 10.5. The van der Waals surface area contributed by atoms with Gasteiger partial charge in [0.25, 0.3) is 0 Å². The molecule has 2 N–H and O–H groups in total. The van der Waals surface area contributed by atoms with E-state index in [1.54, 1.807) is 0 Å². The average Bonchev–Trinajstić information content (AvgIpc) is 2.13. The molecule has 0 unspecified atom stereocenters. The predicted octanol–water partition coefficient (Wildman–Crippen LogP) is 1.70. The first-order valence-electron chi connectivity index (χ1n) is 4.95. The molecule has 90 valence electrons. The maximum absolute atomic E-state index is 10.6. The Morgan fingerprint density at radius 1 is 1.19 bits per heavy atom. The van der Waals surface area contributed by atoms with Crippen LogP contribution >= 0.6 is 0 Å². The number of rotatable bonds is 3. The molecule has 16 heavy (non-hydrogen) atoms. The van der Waals surface area contributed by atoms with Crippen LogP contribution in [0.2, 0.25) is 0 Å². The quantitative estimate of drug-likeness (QED) is 0.878. The zero-order valence-electron chi connectivity index (χ0n) is 9.73. The Balaban J connectivity index is 2.73. The fourth-order valence-corrected chi connectivity index (χ4v) is 1.55. The number of benzene rings is 1. The highest BCUT2D eigenvalue weighted by Crippen LogP contribution is 2.22. The van der Waals surface area contributed by atoms with Crippen molar-refractivity contribution < 1.29 is 12.6 Å². The average molecular weight is 243 g/mol. The summed E-state index contributed by atoms with van der Waals surface area (Å²) in [5.74, 6) is 0. The van der Waals surface area contributed by atoms with E-state index in [0.717, 1.165) is 5.56 Å². The van der Waals surface area contributed by atoms with Crippen LogP contribution in [0.1, 0.15) is 31.9 Å². The minimum Gasteiger partial charge on any atom is -0.253 e. The largest absolute Gasteiger partial charge is 0.333 e. The van der Waals surface area contributed by atoms with Gasteiger partial charge in [-0.25, -0.2) is 5.14 Å². The summed E-state index contributed by atoms with van der Waals surface area (Å²) < 4.78 is 25.7. The summed E-state index contributed by atoms with van der Waals surface area (Å²) in [5, 5.41) is 4.73. The van der Waals surface area contributed by atoms with Gasteiger partial charge in [-0.2, -0.15) is 8.42 Å². The van der Waals surface area contributed by atoms with Crippen molar-refractivity contribution in [2.75, 3.05) is 0 Å². The number of hydrogen-bond acceptors (Lipinski definition) is 3. The van der Waals surface area contributed by atoms with E-state index in [1.165, 1.54) is 5.56 Å². The summed E-state index contributed by atoms with van der Waals surface area (Å²) in [6, 6.07) is 7.60. The second kappa shape index (κ2) is 4.53. The van der Waals surface area contributed by atoms with Crippen LogP contribution in [-0.4, -0.2) is 8.42 Å². The summed E-state index contributed by atoms with van der Waals surface area (Å²) in [5.41, 5.74) is 2.05. The van der Waals surface area contributed by atoms with E-state index < -0.39 is 10.3 Å². The van der Waals surface area contributed by atoms with Crippen LogP contribution in [0.15, 0.2) is 24.3 Å². The minimum absolute atomic E-state index is 0.0245. The van der Waals surface area contributed by atoms with Crippen molar-refractivity contribution in [3.63, 3.8) is 0 Å². The molecule has 0 aliphatic heterocycles. The van der Waals surface area contributed by atoms with Crippen molar-refractivity contribution in [1.29, 1.82) is 0 Å². The normalized spacial score (nSPS) is 12.8. The third-order valence-corrected chi connectivity index (χ3v) is 2.66. The van der Waals surface area contributed by atoms with Gasteiger partial charge in [-0.05, 0) is 16.5 Å². The first-order chi connectivity index (χ1) is 7.18. The molecule has 0 fully saturated rings. The van der Waals surface area contributed by atoms with E-state index in [0.29, 0.717) is 0 Å². The lowest BCUT2D eigenvalue weighted by atomic mass is 9.87. The van der Waals surface area contributed by atoms with Crippen LogP contribution in [-0.2, 0) is 26.5 Å². The molecule has 0 aliphatic rings. The summed E-state index contributed by atoms with van der Waals surface area (Å²) in [6.45, 7) is 6.32. The number of hydrogen-bond donors (Lipinski definition) is 1. The standard InChI is InChI=1S/C11H17NO3S/c1-11(2,3)10-6-4-9(5-7-10)8-15-16(12,13)14/h4-7H,8H2,1-3H3,(H2,12,13,14). The Morgan fingerprint density at radius 3 is 2.06 bits per heavy atom. The van der Waals surface area contributed by atoms with Gasteiger partial charge in [0.1, 0.15) is 0 Å². The molecule has 0 saturated heterocycles. The Morgan fingerprint density at radius 2 is 1.69 bits per heavy atom. The van der Waals surface area contributed by atoms with Gasteiger partial charge in [-0.3, -0.25) is 4.18 Å². The molecule has 0 atom stereocenters. The van der Waals surface area contributed by atoms with Crippen LogP contribution in [0, 0.1) is 0 Å². The molecule has 0 aromatic heterocycles. The van der Waals surface area contributed by atoms with E-state index in [2.05, 4.69) is 25.0 Å². The van der Waals surface area contributed by atoms with Crippen molar-refractivity contribution in [3.8, 4) is 0 Å². The van der Waals surface area contributed by atoms with Gasteiger partial charge in [0, 0.05) is 0 Å². The molecule has 1 aromatic rings. The molecule has 1 aromatic carbocycles. The molecule has 1 rings (SSSR count). The maximum Gasteiger partial charge on any atom is 0.333 e. The first-order valence-corrected chi connectivity index (χ1v) is 6.42. The van der Waals surface area contributed by atoms with Crippen molar-refractivity contribution in [3.05, 3.63) is 35.4 Å². The lowest BCUT2D eigenvalue weighted by molar-refractivity contribution is 0.308. The predicted molar refractivity (Wildman–Crippen MR) is 63.0 cm³/mol. The second-order valence-corrected chi connectivity index (χ2v) is 5.92. The first kappa shape index (κ1) is 13.2. The van der Waals surface area contributed by atoms with E-state index in [9.17, 15) is 8.42 Å². The van der Waals surface area contributed by atoms with Gasteiger partial charge in [-0.15, -0.1) is 0 Å². The van der Waals surface area contributed by atoms with Gasteiger partial charge < -0.3 is 0 Å². The summed E-state index contributed by atoms with van der Waals surface area (Å²) in [4.78, 5) is 0. The topological polar surface area (TPSA) is 69.4 Å². The molecule has 0 bridgehead atoms. The van der Waals surface area contributed by atoms with Crippen molar-refractivity contribution in [2.24, 2.45) is 5.14 Å². The van der Waals surface area contributed by atoms with Gasteiger partial charge in [0.2, 0.25) is 0 Å². The van der Waals surface area contributed by atoms with Crippen LogP contribution < -0.4 is 5.14 Å². The van der Waals surface area contributed by atoms with Gasteiger partial charge in [0.05, 0.1) is 6.61 Å². The van der Waals surface area contributed by atoms with E-state index in [1.807, 2.05) is 24.3 Å². The summed E-state index contributed by atoms with van der Waals surface area (Å²) in [7, 11) is -3.86. The van der Waals surface area contributed by atoms with E-state index in [4.69, 9.17) is 5.14 Å². The third kappa shape index (κ3) is 4.30. The molecular weight excluding hydrogens is 226 g/mol. The van der Waals surface area contributed by atoms with Crippen LogP contribution in [0.5, 0.6) is 0 Å². The van der Waals surface area contributed by atoms with Crippen LogP contribution in [0.3, 0.4) is 0 Å². The van der Waals surface area contributed by atoms with Gasteiger partial charge >= 0.3 is 10.3 Å². The molecule has 0 radical (unpaired) electrons. The van der Waals surface area contributed by atoms with Crippen LogP contribution in [0.4, 0.5) is 0 Å². The molecule has 0 heterocycles. The molecule has 0 saturated carbocycles. The van der Waals surface area contributed by atoms with Gasteiger partial charge in [-0.1, -0.05) is 45.0 Å². The van der Waals surface area contributed by atoms with E-state index >= 15 is 0 Å². The van der Waals surface area contributed by atoms with Crippen molar-refractivity contribution in [2.45, 2.75) is 32.8 Å². The van der Waals surface area contributed by atoms with Crippen molar-refractivity contribution in [1.82, 2.24) is 0 Å². The highest BCUT2D eigenvalue weighted by molar-refractivity contribution is 7.84. The van der Waals surface area contributed by atoms with Gasteiger partial charge in [0.15, 0.2) is 0 Å². The third-order valence-electron chi connectivity index (χ3n) is 2.21. The highest BCUT2D eigenvalue weighted by atomic mass is 32.2. The monoisotopic (exact) mass is 243 g/mol. The smallest absolute Gasteiger partial charge is 0.253 e.